The van der Waals surface area contributed by atoms with Gasteiger partial charge in [0.1, 0.15) is 11.5 Å². The highest BCUT2D eigenvalue weighted by molar-refractivity contribution is 8.01. The molecule has 1 amide bonds. The van der Waals surface area contributed by atoms with Crippen molar-refractivity contribution in [3.8, 4) is 23.0 Å². The molecular formula is C20H24N2O7S2. The number of thioether (sulfide) groups is 1. The molecule has 2 aromatic carbocycles. The normalized spacial score (nSPS) is 16.7. The van der Waals surface area contributed by atoms with Crippen LogP contribution in [0.3, 0.4) is 0 Å². The Morgan fingerprint density at radius 2 is 1.58 bits per heavy atom. The minimum atomic E-state index is -3.96. The molecule has 0 aliphatic carbocycles. The second-order valence-electron chi connectivity index (χ2n) is 6.51. The van der Waals surface area contributed by atoms with Gasteiger partial charge >= 0.3 is 0 Å². The van der Waals surface area contributed by atoms with Crippen LogP contribution in [-0.2, 0) is 10.0 Å². The maximum atomic E-state index is 13.5. The fourth-order valence-electron chi connectivity index (χ4n) is 3.37. The minimum Gasteiger partial charge on any atom is -0.496 e. The van der Waals surface area contributed by atoms with E-state index in [9.17, 15) is 13.2 Å². The van der Waals surface area contributed by atoms with E-state index in [-0.39, 0.29) is 22.8 Å². The molecule has 2 N–H and O–H groups in total. The van der Waals surface area contributed by atoms with Gasteiger partial charge in [0.2, 0.25) is 10.0 Å². The molecule has 1 saturated heterocycles. The van der Waals surface area contributed by atoms with Crippen molar-refractivity contribution < 1.29 is 32.2 Å². The molecule has 11 heteroatoms. The highest BCUT2D eigenvalue weighted by Crippen LogP contribution is 2.48. The monoisotopic (exact) mass is 468 g/mol. The summed E-state index contributed by atoms with van der Waals surface area (Å²) in [5.41, 5.74) is 6.03. The standard InChI is InChI=1S/C20H24N2O7S2/c1-26-15-6-5-12(9-13(15)19(21)23)31(24,25)22-7-8-30-20(22)14-10-17(28-3)18(29-4)11-16(14)27-2/h5-6,9-11,20H,7-8H2,1-4H3,(H2,21,23). The fraction of sp³-hybridized carbons (Fsp3) is 0.350. The number of primary amides is 1. The van der Waals surface area contributed by atoms with Crippen LogP contribution >= 0.6 is 11.8 Å². The number of nitrogens with two attached hydrogens (primary N) is 1. The molecule has 0 aromatic heterocycles. The Balaban J connectivity index is 2.08. The molecule has 168 valence electrons. The fourth-order valence-corrected chi connectivity index (χ4v) is 6.64. The van der Waals surface area contributed by atoms with Crippen molar-refractivity contribution in [1.29, 1.82) is 0 Å². The number of amides is 1. The van der Waals surface area contributed by atoms with Crippen molar-refractivity contribution in [3.63, 3.8) is 0 Å². The van der Waals surface area contributed by atoms with Crippen LogP contribution in [0, 0.1) is 0 Å². The van der Waals surface area contributed by atoms with Gasteiger partial charge in [0, 0.05) is 23.9 Å². The van der Waals surface area contributed by atoms with E-state index >= 15 is 0 Å². The van der Waals surface area contributed by atoms with E-state index in [0.29, 0.717) is 28.6 Å². The third-order valence-corrected chi connectivity index (χ3v) is 8.13. The molecule has 1 aliphatic rings. The molecule has 0 bridgehead atoms. The second-order valence-corrected chi connectivity index (χ2v) is 9.59. The van der Waals surface area contributed by atoms with Crippen LogP contribution in [0.5, 0.6) is 23.0 Å². The lowest BCUT2D eigenvalue weighted by molar-refractivity contribution is 0.0997. The van der Waals surface area contributed by atoms with Gasteiger partial charge in [-0.3, -0.25) is 4.79 Å². The first kappa shape index (κ1) is 23.0. The second kappa shape index (κ2) is 9.25. The van der Waals surface area contributed by atoms with E-state index in [0.717, 1.165) is 0 Å². The summed E-state index contributed by atoms with van der Waals surface area (Å²) < 4.78 is 49.7. The smallest absolute Gasteiger partial charge is 0.252 e. The Bertz CT molecular complexity index is 1090. The molecule has 1 fully saturated rings. The molecule has 1 aliphatic heterocycles. The van der Waals surface area contributed by atoms with E-state index in [1.54, 1.807) is 12.1 Å². The van der Waals surface area contributed by atoms with Crippen molar-refractivity contribution in [3.05, 3.63) is 41.5 Å². The summed E-state index contributed by atoms with van der Waals surface area (Å²) in [5, 5.41) is -0.557. The van der Waals surface area contributed by atoms with Gasteiger partial charge in [-0.2, -0.15) is 4.31 Å². The van der Waals surface area contributed by atoms with Crippen LogP contribution < -0.4 is 24.7 Å². The Morgan fingerprint density at radius 3 is 2.16 bits per heavy atom. The highest BCUT2D eigenvalue weighted by Gasteiger charge is 2.39. The van der Waals surface area contributed by atoms with E-state index < -0.39 is 21.3 Å². The molecule has 1 heterocycles. The third kappa shape index (κ3) is 4.25. The average Bonchev–Trinajstić information content (AvgIpc) is 3.28. The van der Waals surface area contributed by atoms with E-state index in [1.807, 2.05) is 0 Å². The topological polar surface area (TPSA) is 117 Å². The van der Waals surface area contributed by atoms with Crippen molar-refractivity contribution in [2.45, 2.75) is 10.3 Å². The number of hydrogen-bond acceptors (Lipinski definition) is 8. The minimum absolute atomic E-state index is 0.00401. The SMILES string of the molecule is COc1cc(OC)c(C2SCCN2S(=O)(=O)c2ccc(OC)c(C(N)=O)c2)cc1OC. The summed E-state index contributed by atoms with van der Waals surface area (Å²) >= 11 is 1.46. The molecule has 9 nitrogen and oxygen atoms in total. The molecule has 1 unspecified atom stereocenters. The zero-order valence-corrected chi connectivity index (χ0v) is 19.2. The molecule has 31 heavy (non-hydrogen) atoms. The van der Waals surface area contributed by atoms with Crippen LogP contribution in [-0.4, -0.2) is 59.4 Å². The van der Waals surface area contributed by atoms with E-state index in [1.165, 1.54) is 62.7 Å². The Hall–Kier alpha value is -2.63. The van der Waals surface area contributed by atoms with Gasteiger partial charge in [-0.15, -0.1) is 11.8 Å². The van der Waals surface area contributed by atoms with Crippen LogP contribution in [0.2, 0.25) is 0 Å². The lowest BCUT2D eigenvalue weighted by Crippen LogP contribution is -2.31. The third-order valence-electron chi connectivity index (χ3n) is 4.89. The summed E-state index contributed by atoms with van der Waals surface area (Å²) in [7, 11) is 1.95. The van der Waals surface area contributed by atoms with Crippen LogP contribution in [0.15, 0.2) is 35.2 Å². The van der Waals surface area contributed by atoms with Crippen LogP contribution in [0.4, 0.5) is 0 Å². The number of carbonyl (C=O) groups is 1. The average molecular weight is 469 g/mol. The van der Waals surface area contributed by atoms with Gasteiger partial charge in [-0.25, -0.2) is 8.42 Å². The number of rotatable bonds is 8. The number of methoxy groups -OCH3 is 4. The van der Waals surface area contributed by atoms with E-state index in [4.69, 9.17) is 24.7 Å². The summed E-state index contributed by atoms with van der Waals surface area (Å²) in [4.78, 5) is 11.7. The van der Waals surface area contributed by atoms with Gasteiger partial charge in [0.15, 0.2) is 11.5 Å². The van der Waals surface area contributed by atoms with Gasteiger partial charge < -0.3 is 24.7 Å². The number of sulfonamides is 1. The molecule has 0 radical (unpaired) electrons. The summed E-state index contributed by atoms with van der Waals surface area (Å²) in [5.74, 6) is 1.43. The Morgan fingerprint density at radius 1 is 0.968 bits per heavy atom. The molecule has 0 saturated carbocycles. The quantitative estimate of drug-likeness (QED) is 0.627. The van der Waals surface area contributed by atoms with Crippen molar-refractivity contribution >= 4 is 27.7 Å². The van der Waals surface area contributed by atoms with Crippen molar-refractivity contribution in [2.75, 3.05) is 40.7 Å². The van der Waals surface area contributed by atoms with Crippen molar-refractivity contribution in [1.82, 2.24) is 4.31 Å². The lowest BCUT2D eigenvalue weighted by Gasteiger charge is -2.26. The number of carbonyl (C=O) groups excluding carboxylic acids is 1. The molecule has 2 aromatic rings. The van der Waals surface area contributed by atoms with Crippen LogP contribution in [0.25, 0.3) is 0 Å². The predicted molar refractivity (Wildman–Crippen MR) is 117 cm³/mol. The van der Waals surface area contributed by atoms with Gasteiger partial charge in [0.25, 0.3) is 5.91 Å². The zero-order chi connectivity index (χ0) is 22.8. The van der Waals surface area contributed by atoms with Gasteiger partial charge in [-0.1, -0.05) is 0 Å². The number of benzene rings is 2. The summed E-state index contributed by atoms with van der Waals surface area (Å²) in [6.45, 7) is 0.285. The Kier molecular flexibility index (Phi) is 6.87. The maximum Gasteiger partial charge on any atom is 0.252 e. The lowest BCUT2D eigenvalue weighted by atomic mass is 10.1. The number of nitrogens with zero attached hydrogens (tertiary/aromatic N) is 1. The number of hydrogen-bond donors (Lipinski definition) is 1. The van der Waals surface area contributed by atoms with E-state index in [2.05, 4.69) is 0 Å². The molecule has 0 spiro atoms. The maximum absolute atomic E-state index is 13.5. The zero-order valence-electron chi connectivity index (χ0n) is 17.6. The first-order valence-electron chi connectivity index (χ1n) is 9.19. The Labute approximate surface area is 185 Å². The van der Waals surface area contributed by atoms with Crippen molar-refractivity contribution in [2.24, 2.45) is 5.73 Å². The first-order chi connectivity index (χ1) is 14.8. The molecule has 1 atom stereocenters. The van der Waals surface area contributed by atoms with Gasteiger partial charge in [-0.05, 0) is 24.3 Å². The number of ether oxygens (including phenoxy) is 4. The summed E-state index contributed by atoms with van der Waals surface area (Å²) in [6, 6.07) is 7.43. The first-order valence-corrected chi connectivity index (χ1v) is 11.7. The molecular weight excluding hydrogens is 444 g/mol. The largest absolute Gasteiger partial charge is 0.496 e. The highest BCUT2D eigenvalue weighted by atomic mass is 32.2. The predicted octanol–water partition coefficient (Wildman–Crippen LogP) is 2.26. The molecule has 3 rings (SSSR count). The van der Waals surface area contributed by atoms with Gasteiger partial charge in [0.05, 0.1) is 44.3 Å². The van der Waals surface area contributed by atoms with Crippen LogP contribution in [0.1, 0.15) is 21.3 Å². The summed E-state index contributed by atoms with van der Waals surface area (Å²) in [6.07, 6.45) is 0.